The van der Waals surface area contributed by atoms with Crippen LogP contribution in [0.2, 0.25) is 5.02 Å². The maximum absolute atomic E-state index is 12.5. The summed E-state index contributed by atoms with van der Waals surface area (Å²) in [6.07, 6.45) is -2.88. The number of alkyl halides is 3. The molecule has 13 heteroatoms. The second kappa shape index (κ2) is 9.21. The molecule has 0 saturated heterocycles. The van der Waals surface area contributed by atoms with E-state index in [1.54, 1.807) is 48.3 Å². The molecule has 0 spiro atoms. The van der Waals surface area contributed by atoms with E-state index in [2.05, 4.69) is 25.6 Å². The summed E-state index contributed by atoms with van der Waals surface area (Å²) in [5.41, 5.74) is 2.12. The fourth-order valence-electron chi connectivity index (χ4n) is 3.03. The number of amides is 1. The van der Waals surface area contributed by atoms with Crippen molar-refractivity contribution >= 4 is 40.0 Å². The summed E-state index contributed by atoms with van der Waals surface area (Å²) in [5, 5.41) is 17.5. The highest BCUT2D eigenvalue weighted by molar-refractivity contribution is 6.38. The van der Waals surface area contributed by atoms with Gasteiger partial charge < -0.3 is 15.4 Å². The molecule has 2 aromatic heterocycles. The molecule has 2 aromatic carbocycles. The van der Waals surface area contributed by atoms with Gasteiger partial charge in [-0.3, -0.25) is 9.89 Å². The number of ether oxygens (including phenoxy) is 1. The molecule has 0 bridgehead atoms. The van der Waals surface area contributed by atoms with E-state index >= 15 is 0 Å². The van der Waals surface area contributed by atoms with Crippen LogP contribution in [0.1, 0.15) is 6.92 Å². The van der Waals surface area contributed by atoms with Crippen LogP contribution in [0.5, 0.6) is 5.75 Å². The average Bonchev–Trinajstić information content (AvgIpc) is 3.41. The lowest BCUT2D eigenvalue weighted by molar-refractivity contribution is -0.158. The predicted octanol–water partition coefficient (Wildman–Crippen LogP) is 4.20. The molecule has 9 nitrogen and oxygen atoms in total. The highest BCUT2D eigenvalue weighted by atomic mass is 35.5. The number of carbonyl (C=O) groups is 1. The van der Waals surface area contributed by atoms with Crippen molar-refractivity contribution in [3.63, 3.8) is 0 Å². The number of H-pyrrole nitrogens is 1. The van der Waals surface area contributed by atoms with Crippen molar-refractivity contribution in [3.05, 3.63) is 47.6 Å². The lowest BCUT2D eigenvalue weighted by Crippen LogP contribution is -2.44. The molecule has 34 heavy (non-hydrogen) atoms. The zero-order valence-electron chi connectivity index (χ0n) is 17.9. The van der Waals surface area contributed by atoms with Crippen LogP contribution in [0, 0.1) is 0 Å². The molecule has 4 aromatic rings. The number of hydrogen-bond acceptors (Lipinski definition) is 6. The Morgan fingerprint density at radius 1 is 1.24 bits per heavy atom. The maximum atomic E-state index is 12.5. The third-order valence-electron chi connectivity index (χ3n) is 4.92. The Bertz CT molecular complexity index is 1320. The Morgan fingerprint density at radius 3 is 2.68 bits per heavy atom. The third-order valence-corrected chi connectivity index (χ3v) is 5.33. The first-order valence-corrected chi connectivity index (χ1v) is 10.4. The summed E-state index contributed by atoms with van der Waals surface area (Å²) in [7, 11) is 1.72. The van der Waals surface area contributed by atoms with E-state index < -0.39 is 24.7 Å². The predicted molar refractivity (Wildman–Crippen MR) is 120 cm³/mol. The Labute approximate surface area is 196 Å². The van der Waals surface area contributed by atoms with Gasteiger partial charge in [-0.25, -0.2) is 4.68 Å². The molecule has 0 radical (unpaired) electrons. The van der Waals surface area contributed by atoms with Gasteiger partial charge in [-0.15, -0.1) is 5.10 Å². The van der Waals surface area contributed by atoms with Gasteiger partial charge in [0.1, 0.15) is 11.8 Å². The number of fused-ring (bicyclic) bond motifs is 1. The van der Waals surface area contributed by atoms with E-state index in [1.165, 1.54) is 0 Å². The number of hydrogen-bond donors (Lipinski definition) is 3. The van der Waals surface area contributed by atoms with Crippen LogP contribution in [0.4, 0.5) is 24.8 Å². The zero-order chi connectivity index (χ0) is 24.5. The van der Waals surface area contributed by atoms with Crippen molar-refractivity contribution in [1.82, 2.24) is 30.3 Å². The molecular formula is C21H19ClF3N7O2. The first-order valence-electron chi connectivity index (χ1n) is 10.0. The van der Waals surface area contributed by atoms with E-state index in [-0.39, 0.29) is 0 Å². The molecule has 0 aliphatic rings. The van der Waals surface area contributed by atoms with Crippen LogP contribution in [0.15, 0.2) is 42.6 Å². The van der Waals surface area contributed by atoms with E-state index in [0.717, 1.165) is 17.8 Å². The summed E-state index contributed by atoms with van der Waals surface area (Å²) in [5.74, 6) is 0.320. The van der Waals surface area contributed by atoms with Crippen molar-refractivity contribution in [2.75, 3.05) is 11.9 Å². The van der Waals surface area contributed by atoms with E-state index in [0.29, 0.717) is 33.8 Å². The van der Waals surface area contributed by atoms with Crippen LogP contribution >= 0.6 is 11.6 Å². The Balaban J connectivity index is 1.41. The topological polar surface area (TPSA) is 110 Å². The average molecular weight is 494 g/mol. The van der Waals surface area contributed by atoms with E-state index in [4.69, 9.17) is 16.3 Å². The number of aromatic amines is 1. The Kier molecular flexibility index (Phi) is 6.33. The number of aromatic nitrogens is 5. The van der Waals surface area contributed by atoms with Gasteiger partial charge in [0.15, 0.2) is 12.4 Å². The van der Waals surface area contributed by atoms with Crippen molar-refractivity contribution in [1.29, 1.82) is 0 Å². The largest absolute Gasteiger partial charge is 0.484 e. The fraction of sp³-hybridized carbons (Fsp3) is 0.238. The monoisotopic (exact) mass is 493 g/mol. The second-order valence-electron chi connectivity index (χ2n) is 7.41. The zero-order valence-corrected chi connectivity index (χ0v) is 18.7. The van der Waals surface area contributed by atoms with E-state index in [1.807, 2.05) is 11.4 Å². The molecule has 3 N–H and O–H groups in total. The normalized spacial score (nSPS) is 12.5. The first-order chi connectivity index (χ1) is 16.1. The lowest BCUT2D eigenvalue weighted by atomic mass is 10.2. The molecule has 4 rings (SSSR count). The summed E-state index contributed by atoms with van der Waals surface area (Å²) >= 11 is 6.45. The van der Waals surface area contributed by atoms with Gasteiger partial charge in [0.2, 0.25) is 5.95 Å². The summed E-state index contributed by atoms with van der Waals surface area (Å²) in [4.78, 5) is 16.1. The highest BCUT2D eigenvalue weighted by Crippen LogP contribution is 2.32. The maximum Gasteiger partial charge on any atom is 0.408 e. The fourth-order valence-corrected chi connectivity index (χ4v) is 3.29. The summed E-state index contributed by atoms with van der Waals surface area (Å²) in [6, 6.07) is 8.18. The molecular weight excluding hydrogens is 475 g/mol. The number of nitrogens with one attached hydrogen (secondary N) is 3. The second-order valence-corrected chi connectivity index (χ2v) is 7.79. The number of benzene rings is 2. The number of halogens is 4. The molecule has 178 valence electrons. The van der Waals surface area contributed by atoms with Gasteiger partial charge in [-0.1, -0.05) is 11.6 Å². The minimum absolute atomic E-state index is 0.313. The number of aryl methyl sites for hydroxylation is 1. The van der Waals surface area contributed by atoms with Gasteiger partial charge in [-0.2, -0.15) is 23.3 Å². The molecule has 2 heterocycles. The van der Waals surface area contributed by atoms with Gasteiger partial charge in [-0.05, 0) is 43.3 Å². The van der Waals surface area contributed by atoms with Crippen molar-refractivity contribution in [2.24, 2.45) is 7.05 Å². The van der Waals surface area contributed by atoms with Crippen LogP contribution in [-0.2, 0) is 11.8 Å². The van der Waals surface area contributed by atoms with Crippen LogP contribution in [0.3, 0.4) is 0 Å². The third kappa shape index (κ3) is 5.06. The molecule has 0 fully saturated rings. The van der Waals surface area contributed by atoms with Gasteiger partial charge >= 0.3 is 6.18 Å². The number of rotatable bonds is 7. The molecule has 0 saturated carbocycles. The highest BCUT2D eigenvalue weighted by Gasteiger charge is 2.36. The van der Waals surface area contributed by atoms with Crippen molar-refractivity contribution in [3.8, 4) is 17.1 Å². The van der Waals surface area contributed by atoms with Crippen LogP contribution in [-0.4, -0.2) is 49.7 Å². The molecule has 0 aliphatic carbocycles. The summed E-state index contributed by atoms with van der Waals surface area (Å²) < 4.78 is 44.4. The van der Waals surface area contributed by atoms with Crippen molar-refractivity contribution in [2.45, 2.75) is 19.1 Å². The van der Waals surface area contributed by atoms with Crippen LogP contribution < -0.4 is 15.4 Å². The SMILES string of the molecule is CC(NC(=O)COc1ccc(-c2nc(Nc3ccc4[nH]ncc4c3Cl)n(C)n2)cc1)C(F)(F)F. The molecule has 1 unspecified atom stereocenters. The molecule has 1 amide bonds. The van der Waals surface area contributed by atoms with Gasteiger partial charge in [0.25, 0.3) is 5.91 Å². The first kappa shape index (κ1) is 23.4. The van der Waals surface area contributed by atoms with Crippen molar-refractivity contribution < 1.29 is 22.7 Å². The summed E-state index contributed by atoms with van der Waals surface area (Å²) in [6.45, 7) is 0.316. The molecule has 0 aliphatic heterocycles. The Hall–Kier alpha value is -3.80. The minimum atomic E-state index is -4.52. The lowest BCUT2D eigenvalue weighted by Gasteiger charge is -2.17. The van der Waals surface area contributed by atoms with Crippen LogP contribution in [0.25, 0.3) is 22.3 Å². The smallest absolute Gasteiger partial charge is 0.408 e. The number of anilines is 2. The van der Waals surface area contributed by atoms with Gasteiger partial charge in [0.05, 0.1) is 22.4 Å². The Morgan fingerprint density at radius 2 is 1.97 bits per heavy atom. The number of nitrogens with zero attached hydrogens (tertiary/aromatic N) is 4. The quantitative estimate of drug-likeness (QED) is 0.356. The standard InChI is InChI=1S/C21H19ClF3N7O2/c1-11(21(23,24)25)27-17(33)10-34-13-5-3-12(4-6-13)19-29-20(32(2)31-19)28-16-8-7-15-14(18(16)22)9-26-30-15/h3-9,11H,10H2,1-2H3,(H,26,30)(H,27,33)(H,28,29,31). The van der Waals surface area contributed by atoms with Gasteiger partial charge in [0, 0.05) is 18.0 Å². The van der Waals surface area contributed by atoms with E-state index in [9.17, 15) is 18.0 Å². The number of carbonyl (C=O) groups excluding carboxylic acids is 1. The molecule has 1 atom stereocenters. The minimum Gasteiger partial charge on any atom is -0.484 e.